The van der Waals surface area contributed by atoms with Crippen molar-refractivity contribution in [3.63, 3.8) is 0 Å². The van der Waals surface area contributed by atoms with E-state index in [0.717, 1.165) is 23.3 Å². The maximum atomic E-state index is 12.6. The van der Waals surface area contributed by atoms with Gasteiger partial charge in [-0.2, -0.15) is 0 Å². The van der Waals surface area contributed by atoms with Gasteiger partial charge in [-0.25, -0.2) is 0 Å². The lowest BCUT2D eigenvalue weighted by atomic mass is 10.1. The molecule has 1 heterocycles. The number of carbonyl (C=O) groups excluding carboxylic acids is 1. The number of nitro benzene ring substituents is 1. The van der Waals surface area contributed by atoms with Gasteiger partial charge >= 0.3 is 0 Å². The Balaban J connectivity index is 1.82. The lowest BCUT2D eigenvalue weighted by molar-refractivity contribution is -0.384. The molecular weight excluding hydrogens is 364 g/mol. The standard InChI is InChI=1S/C20H22N2O6/c1-4-27-18-8-13-7-12(2)28-19(13)9-14(18)11-21-20(23)16-10-15(22(24)25)5-6-17(16)26-3/h5-6,8-10,12H,4,7,11H2,1-3H3,(H,21,23). The van der Waals surface area contributed by atoms with Crippen molar-refractivity contribution in [2.75, 3.05) is 13.7 Å². The molecule has 2 aromatic carbocycles. The van der Waals surface area contributed by atoms with Gasteiger partial charge in [0, 0.05) is 36.2 Å². The Kier molecular flexibility index (Phi) is 5.67. The maximum absolute atomic E-state index is 12.6. The van der Waals surface area contributed by atoms with E-state index in [1.165, 1.54) is 25.3 Å². The summed E-state index contributed by atoms with van der Waals surface area (Å²) in [4.78, 5) is 23.1. The molecule has 0 fully saturated rings. The molecule has 0 aliphatic carbocycles. The van der Waals surface area contributed by atoms with E-state index in [1.54, 1.807) is 0 Å². The third-order valence-corrected chi connectivity index (χ3v) is 4.46. The number of rotatable bonds is 7. The smallest absolute Gasteiger partial charge is 0.270 e. The largest absolute Gasteiger partial charge is 0.496 e. The quantitative estimate of drug-likeness (QED) is 0.579. The van der Waals surface area contributed by atoms with Crippen LogP contribution in [0.5, 0.6) is 17.2 Å². The van der Waals surface area contributed by atoms with E-state index in [0.29, 0.717) is 12.4 Å². The Labute approximate surface area is 162 Å². The summed E-state index contributed by atoms with van der Waals surface area (Å²) in [5, 5.41) is 13.8. The van der Waals surface area contributed by atoms with Gasteiger partial charge in [-0.15, -0.1) is 0 Å². The second kappa shape index (κ2) is 8.16. The van der Waals surface area contributed by atoms with Crippen molar-refractivity contribution in [2.45, 2.75) is 32.9 Å². The van der Waals surface area contributed by atoms with Gasteiger partial charge in [0.1, 0.15) is 23.4 Å². The molecule has 1 amide bonds. The monoisotopic (exact) mass is 386 g/mol. The molecule has 2 aromatic rings. The number of methoxy groups -OCH3 is 1. The third-order valence-electron chi connectivity index (χ3n) is 4.46. The van der Waals surface area contributed by atoms with Crippen molar-refractivity contribution >= 4 is 11.6 Å². The summed E-state index contributed by atoms with van der Waals surface area (Å²) in [7, 11) is 1.41. The zero-order valence-corrected chi connectivity index (χ0v) is 16.0. The van der Waals surface area contributed by atoms with Crippen molar-refractivity contribution in [3.05, 3.63) is 57.1 Å². The molecule has 8 nitrogen and oxygen atoms in total. The molecule has 148 valence electrons. The molecule has 1 N–H and O–H groups in total. The highest BCUT2D eigenvalue weighted by atomic mass is 16.6. The number of fused-ring (bicyclic) bond motifs is 1. The van der Waals surface area contributed by atoms with Crippen LogP contribution in [-0.4, -0.2) is 30.7 Å². The second-order valence-corrected chi connectivity index (χ2v) is 6.46. The van der Waals surface area contributed by atoms with Crippen LogP contribution in [0.15, 0.2) is 30.3 Å². The summed E-state index contributed by atoms with van der Waals surface area (Å²) < 4.78 is 16.7. The van der Waals surface area contributed by atoms with Gasteiger partial charge in [0.2, 0.25) is 0 Å². The van der Waals surface area contributed by atoms with E-state index in [-0.39, 0.29) is 29.6 Å². The normalized spacial score (nSPS) is 14.8. The van der Waals surface area contributed by atoms with E-state index in [2.05, 4.69) is 5.32 Å². The summed E-state index contributed by atoms with van der Waals surface area (Å²) in [6.45, 7) is 4.57. The van der Waals surface area contributed by atoms with Gasteiger partial charge in [-0.1, -0.05) is 0 Å². The van der Waals surface area contributed by atoms with Crippen LogP contribution in [0.1, 0.15) is 35.3 Å². The molecule has 0 spiro atoms. The van der Waals surface area contributed by atoms with E-state index in [9.17, 15) is 14.9 Å². The average Bonchev–Trinajstić information content (AvgIpc) is 3.04. The highest BCUT2D eigenvalue weighted by Crippen LogP contribution is 2.35. The van der Waals surface area contributed by atoms with E-state index < -0.39 is 10.8 Å². The Morgan fingerprint density at radius 1 is 1.32 bits per heavy atom. The lowest BCUT2D eigenvalue weighted by Gasteiger charge is -2.14. The van der Waals surface area contributed by atoms with Crippen LogP contribution in [0.3, 0.4) is 0 Å². The number of nitrogens with one attached hydrogen (secondary N) is 1. The molecule has 0 aromatic heterocycles. The van der Waals surface area contributed by atoms with Gasteiger partial charge in [-0.05, 0) is 32.0 Å². The SMILES string of the molecule is CCOc1cc2c(cc1CNC(=O)c1cc([N+](=O)[O-])ccc1OC)OC(C)C2. The molecule has 0 saturated heterocycles. The Hall–Kier alpha value is -3.29. The number of benzene rings is 2. The summed E-state index contributed by atoms with van der Waals surface area (Å²) in [5.74, 6) is 1.26. The zero-order valence-electron chi connectivity index (χ0n) is 16.0. The predicted octanol–water partition coefficient (Wildman–Crippen LogP) is 3.26. The Bertz CT molecular complexity index is 912. The summed E-state index contributed by atoms with van der Waals surface area (Å²) in [6.07, 6.45) is 0.913. The highest BCUT2D eigenvalue weighted by Gasteiger charge is 2.23. The van der Waals surface area contributed by atoms with Crippen molar-refractivity contribution < 1.29 is 23.9 Å². The minimum absolute atomic E-state index is 0.0979. The molecule has 0 radical (unpaired) electrons. The lowest BCUT2D eigenvalue weighted by Crippen LogP contribution is -2.24. The van der Waals surface area contributed by atoms with Crippen LogP contribution >= 0.6 is 0 Å². The number of nitrogens with zero attached hydrogens (tertiary/aromatic N) is 1. The minimum Gasteiger partial charge on any atom is -0.496 e. The molecule has 3 rings (SSSR count). The summed E-state index contributed by atoms with van der Waals surface area (Å²) in [6, 6.07) is 7.71. The molecule has 1 aliphatic rings. The first kappa shape index (κ1) is 19.5. The Morgan fingerprint density at radius 3 is 2.79 bits per heavy atom. The van der Waals surface area contributed by atoms with Gasteiger partial charge in [0.05, 0.1) is 24.2 Å². The fraction of sp³-hybridized carbons (Fsp3) is 0.350. The minimum atomic E-state index is -0.553. The first-order valence-electron chi connectivity index (χ1n) is 8.98. The van der Waals surface area contributed by atoms with Crippen LogP contribution in [0.4, 0.5) is 5.69 Å². The number of ether oxygens (including phenoxy) is 3. The van der Waals surface area contributed by atoms with Crippen LogP contribution in [-0.2, 0) is 13.0 Å². The fourth-order valence-electron chi connectivity index (χ4n) is 3.17. The highest BCUT2D eigenvalue weighted by molar-refractivity contribution is 5.97. The first-order valence-corrected chi connectivity index (χ1v) is 8.98. The van der Waals surface area contributed by atoms with E-state index in [4.69, 9.17) is 14.2 Å². The topological polar surface area (TPSA) is 99.9 Å². The van der Waals surface area contributed by atoms with Crippen LogP contribution in [0.2, 0.25) is 0 Å². The molecule has 1 unspecified atom stereocenters. The molecule has 0 saturated carbocycles. The summed E-state index contributed by atoms with van der Waals surface area (Å²) >= 11 is 0. The van der Waals surface area contributed by atoms with Crippen molar-refractivity contribution in [3.8, 4) is 17.2 Å². The summed E-state index contributed by atoms with van der Waals surface area (Å²) in [5.41, 5.74) is 1.76. The molecule has 1 aliphatic heterocycles. The predicted molar refractivity (Wildman–Crippen MR) is 102 cm³/mol. The molecule has 0 bridgehead atoms. The van der Waals surface area contributed by atoms with Crippen LogP contribution < -0.4 is 19.5 Å². The zero-order chi connectivity index (χ0) is 20.3. The molecule has 1 atom stereocenters. The van der Waals surface area contributed by atoms with Crippen LogP contribution in [0, 0.1) is 10.1 Å². The second-order valence-electron chi connectivity index (χ2n) is 6.46. The van der Waals surface area contributed by atoms with Gasteiger partial charge in [0.15, 0.2) is 0 Å². The van der Waals surface area contributed by atoms with E-state index in [1.807, 2.05) is 26.0 Å². The number of amides is 1. The van der Waals surface area contributed by atoms with Crippen molar-refractivity contribution in [1.29, 1.82) is 0 Å². The van der Waals surface area contributed by atoms with Gasteiger partial charge in [-0.3, -0.25) is 14.9 Å². The molecular formula is C20H22N2O6. The number of nitro groups is 1. The molecule has 8 heteroatoms. The van der Waals surface area contributed by atoms with Gasteiger partial charge < -0.3 is 19.5 Å². The van der Waals surface area contributed by atoms with E-state index >= 15 is 0 Å². The maximum Gasteiger partial charge on any atom is 0.270 e. The van der Waals surface area contributed by atoms with Crippen LogP contribution in [0.25, 0.3) is 0 Å². The third kappa shape index (κ3) is 4.00. The number of carbonyl (C=O) groups is 1. The number of hydrogen-bond acceptors (Lipinski definition) is 6. The first-order chi connectivity index (χ1) is 13.4. The Morgan fingerprint density at radius 2 is 2.11 bits per heavy atom. The number of hydrogen-bond donors (Lipinski definition) is 1. The fourth-order valence-corrected chi connectivity index (χ4v) is 3.17. The molecule has 28 heavy (non-hydrogen) atoms. The van der Waals surface area contributed by atoms with Crippen molar-refractivity contribution in [1.82, 2.24) is 5.32 Å². The number of non-ortho nitro benzene ring substituents is 1. The van der Waals surface area contributed by atoms with Crippen molar-refractivity contribution in [2.24, 2.45) is 0 Å². The average molecular weight is 386 g/mol. The van der Waals surface area contributed by atoms with Gasteiger partial charge in [0.25, 0.3) is 11.6 Å².